The van der Waals surface area contributed by atoms with E-state index in [9.17, 15) is 9.90 Å². The van der Waals surface area contributed by atoms with Crippen molar-refractivity contribution in [1.29, 1.82) is 0 Å². The molecule has 2 fully saturated rings. The first-order chi connectivity index (χ1) is 17.1. The molecule has 5 heterocycles. The number of hydrogen-bond donors (Lipinski definition) is 2. The van der Waals surface area contributed by atoms with Gasteiger partial charge in [0, 0.05) is 42.0 Å². The number of rotatable bonds is 4. The van der Waals surface area contributed by atoms with Crippen LogP contribution in [0.5, 0.6) is 0 Å². The molecule has 2 N–H and O–H groups in total. The average Bonchev–Trinajstić information content (AvgIpc) is 3.56. The molecule has 0 bridgehead atoms. The van der Waals surface area contributed by atoms with Crippen LogP contribution in [-0.4, -0.2) is 75.5 Å². The summed E-state index contributed by atoms with van der Waals surface area (Å²) in [6.45, 7) is 7.35. The van der Waals surface area contributed by atoms with Gasteiger partial charge in [0.15, 0.2) is 11.6 Å². The van der Waals surface area contributed by atoms with Crippen LogP contribution in [0.3, 0.4) is 0 Å². The fraction of sp³-hybridized carbons (Fsp3) is 0.360. The predicted octanol–water partition coefficient (Wildman–Crippen LogP) is 3.07. The summed E-state index contributed by atoms with van der Waals surface area (Å²) < 4.78 is 6.54. The first kappa shape index (κ1) is 22.1. The second-order valence-corrected chi connectivity index (χ2v) is 10.0. The third-order valence-corrected chi connectivity index (χ3v) is 8.24. The second-order valence-electron chi connectivity index (χ2n) is 8.99. The van der Waals surface area contributed by atoms with Gasteiger partial charge in [-0.25, -0.2) is 9.97 Å². The number of ether oxygens (including phenoxy) is 1. The molecule has 0 aliphatic carbocycles. The van der Waals surface area contributed by atoms with E-state index >= 15 is 0 Å². The van der Waals surface area contributed by atoms with Gasteiger partial charge in [-0.05, 0) is 31.1 Å². The van der Waals surface area contributed by atoms with Crippen LogP contribution in [0.1, 0.15) is 17.7 Å². The molecule has 9 nitrogen and oxygen atoms in total. The highest BCUT2D eigenvalue weighted by molar-refractivity contribution is 7.19. The monoisotopic (exact) mass is 490 g/mol. The molecular formula is C25H26N6O3S. The van der Waals surface area contributed by atoms with Crippen LogP contribution in [0.2, 0.25) is 0 Å². The fourth-order valence-electron chi connectivity index (χ4n) is 4.89. The largest absolute Gasteiger partial charge is 0.384 e. The minimum Gasteiger partial charge on any atom is -0.384 e. The first-order valence-corrected chi connectivity index (χ1v) is 12.6. The number of nitrogens with zero attached hydrogens (tertiary/aromatic N) is 5. The molecule has 0 atom stereocenters. The zero-order chi connectivity index (χ0) is 24.0. The summed E-state index contributed by atoms with van der Waals surface area (Å²) in [5.74, 6) is 1.41. The molecule has 2 aliphatic rings. The van der Waals surface area contributed by atoms with Gasteiger partial charge in [0.2, 0.25) is 5.91 Å². The molecule has 0 saturated carbocycles. The number of amides is 1. The number of likely N-dealkylation sites (tertiary alicyclic amines) is 1. The number of nitrogens with one attached hydrogen (secondary N) is 1. The molecule has 0 spiro atoms. The molecule has 2 aliphatic heterocycles. The van der Waals surface area contributed by atoms with E-state index in [0.717, 1.165) is 50.5 Å². The molecule has 35 heavy (non-hydrogen) atoms. The van der Waals surface area contributed by atoms with Gasteiger partial charge in [0.1, 0.15) is 5.60 Å². The number of anilines is 1. The minimum atomic E-state index is -1.00. The second kappa shape index (κ2) is 8.71. The SMILES string of the molecule is C=CC(=O)N1CCC(O)(c2cc3nc(-c4cccc5[nH]ncc45)nc(N4CCOCC4)c3s2)CC1. The summed E-state index contributed by atoms with van der Waals surface area (Å²) in [4.78, 5) is 26.8. The highest BCUT2D eigenvalue weighted by Crippen LogP contribution is 2.42. The number of fused-ring (bicyclic) bond motifs is 2. The summed E-state index contributed by atoms with van der Waals surface area (Å²) in [6, 6.07) is 7.96. The summed E-state index contributed by atoms with van der Waals surface area (Å²) in [5.41, 5.74) is 1.65. The number of aromatic nitrogens is 4. The van der Waals surface area contributed by atoms with Crippen molar-refractivity contribution in [3.05, 3.63) is 48.0 Å². The fourth-order valence-corrected chi connectivity index (χ4v) is 6.15. The quantitative estimate of drug-likeness (QED) is 0.423. The number of hydrogen-bond acceptors (Lipinski definition) is 8. The zero-order valence-electron chi connectivity index (χ0n) is 19.2. The van der Waals surface area contributed by atoms with Crippen molar-refractivity contribution in [2.45, 2.75) is 18.4 Å². The van der Waals surface area contributed by atoms with E-state index in [1.54, 1.807) is 22.4 Å². The lowest BCUT2D eigenvalue weighted by Crippen LogP contribution is -2.44. The third kappa shape index (κ3) is 3.87. The molecule has 6 rings (SSSR count). The lowest BCUT2D eigenvalue weighted by molar-refractivity contribution is -0.130. The van der Waals surface area contributed by atoms with Crippen molar-refractivity contribution >= 4 is 44.2 Å². The van der Waals surface area contributed by atoms with Crippen LogP contribution in [-0.2, 0) is 15.1 Å². The van der Waals surface area contributed by atoms with Crippen molar-refractivity contribution in [3.8, 4) is 11.4 Å². The van der Waals surface area contributed by atoms with Crippen molar-refractivity contribution in [1.82, 2.24) is 25.1 Å². The highest BCUT2D eigenvalue weighted by Gasteiger charge is 2.37. The van der Waals surface area contributed by atoms with Crippen LogP contribution in [0.25, 0.3) is 32.5 Å². The molecule has 0 radical (unpaired) electrons. The van der Waals surface area contributed by atoms with Gasteiger partial charge >= 0.3 is 0 Å². The Morgan fingerprint density at radius 1 is 1.20 bits per heavy atom. The van der Waals surface area contributed by atoms with Gasteiger partial charge in [-0.3, -0.25) is 9.89 Å². The average molecular weight is 491 g/mol. The van der Waals surface area contributed by atoms with Crippen LogP contribution in [0.15, 0.2) is 43.1 Å². The highest BCUT2D eigenvalue weighted by atomic mass is 32.1. The Bertz CT molecular complexity index is 1420. The van der Waals surface area contributed by atoms with Gasteiger partial charge in [0.25, 0.3) is 0 Å². The van der Waals surface area contributed by atoms with Crippen LogP contribution >= 0.6 is 11.3 Å². The Balaban J connectivity index is 1.45. The molecular weight excluding hydrogens is 464 g/mol. The topological polar surface area (TPSA) is 107 Å². The van der Waals surface area contributed by atoms with Crippen LogP contribution in [0.4, 0.5) is 5.82 Å². The molecule has 1 aromatic carbocycles. The standard InChI is InChI=1S/C25H26N6O3S/c1-2-21(32)30-8-6-25(33,7-9-30)20-14-19-22(35-20)24(31-10-12-34-13-11-31)28-23(27-19)16-4-3-5-18-17(16)15-26-29-18/h2-5,14-15,33H,1,6-13H2,(H,26,29). The molecule has 2 saturated heterocycles. The van der Waals surface area contributed by atoms with Crippen LogP contribution in [0, 0.1) is 0 Å². The van der Waals surface area contributed by atoms with Gasteiger partial charge in [-0.15, -0.1) is 11.3 Å². The molecule has 10 heteroatoms. The predicted molar refractivity (Wildman–Crippen MR) is 135 cm³/mol. The normalized spacial score (nSPS) is 18.3. The third-order valence-electron chi connectivity index (χ3n) is 6.93. The number of piperidine rings is 1. The number of H-pyrrole nitrogens is 1. The Morgan fingerprint density at radius 3 is 2.77 bits per heavy atom. The van der Waals surface area contributed by atoms with Gasteiger partial charge in [0.05, 0.1) is 35.1 Å². The number of carbonyl (C=O) groups excluding carboxylic acids is 1. The van der Waals surface area contributed by atoms with Gasteiger partial charge in [-0.2, -0.15) is 5.10 Å². The van der Waals surface area contributed by atoms with Crippen molar-refractivity contribution in [2.75, 3.05) is 44.3 Å². The molecule has 4 aromatic rings. The Hall–Kier alpha value is -3.34. The number of aromatic amines is 1. The summed E-state index contributed by atoms with van der Waals surface area (Å²) in [5, 5.41) is 19.7. The zero-order valence-corrected chi connectivity index (χ0v) is 20.1. The maximum absolute atomic E-state index is 12.0. The molecule has 3 aromatic heterocycles. The lowest BCUT2D eigenvalue weighted by atomic mass is 9.90. The van der Waals surface area contributed by atoms with E-state index in [2.05, 4.69) is 21.7 Å². The number of benzene rings is 1. The van der Waals surface area contributed by atoms with E-state index < -0.39 is 5.60 Å². The van der Waals surface area contributed by atoms with E-state index in [0.29, 0.717) is 45.0 Å². The lowest BCUT2D eigenvalue weighted by Gasteiger charge is -2.37. The minimum absolute atomic E-state index is 0.0954. The molecule has 0 unspecified atom stereocenters. The van der Waals surface area contributed by atoms with Crippen molar-refractivity contribution < 1.29 is 14.6 Å². The van der Waals surface area contributed by atoms with Crippen LogP contribution < -0.4 is 4.90 Å². The molecule has 180 valence electrons. The van der Waals surface area contributed by atoms with E-state index in [-0.39, 0.29) is 5.91 Å². The molecule has 1 amide bonds. The van der Waals surface area contributed by atoms with E-state index in [1.165, 1.54) is 6.08 Å². The summed E-state index contributed by atoms with van der Waals surface area (Å²) in [7, 11) is 0. The van der Waals surface area contributed by atoms with Gasteiger partial charge < -0.3 is 19.6 Å². The summed E-state index contributed by atoms with van der Waals surface area (Å²) >= 11 is 1.55. The smallest absolute Gasteiger partial charge is 0.245 e. The Labute approximate surface area is 206 Å². The Kier molecular flexibility index (Phi) is 5.51. The summed E-state index contributed by atoms with van der Waals surface area (Å²) in [6.07, 6.45) is 4.07. The number of morpholine rings is 1. The number of carbonyl (C=O) groups is 1. The maximum atomic E-state index is 12.0. The van der Waals surface area contributed by atoms with E-state index in [1.807, 2.05) is 24.3 Å². The maximum Gasteiger partial charge on any atom is 0.245 e. The van der Waals surface area contributed by atoms with E-state index in [4.69, 9.17) is 14.7 Å². The first-order valence-electron chi connectivity index (χ1n) is 11.8. The number of aliphatic hydroxyl groups is 1. The van der Waals surface area contributed by atoms with Gasteiger partial charge in [-0.1, -0.05) is 18.7 Å². The Morgan fingerprint density at radius 2 is 2.00 bits per heavy atom. The number of thiophene rings is 1. The van der Waals surface area contributed by atoms with Crippen molar-refractivity contribution in [2.24, 2.45) is 0 Å². The van der Waals surface area contributed by atoms with Crippen molar-refractivity contribution in [3.63, 3.8) is 0 Å².